The first kappa shape index (κ1) is 13.7. The van der Waals surface area contributed by atoms with Crippen LogP contribution in [-0.4, -0.2) is 0 Å². The van der Waals surface area contributed by atoms with Gasteiger partial charge in [-0.25, -0.2) is 0 Å². The quantitative estimate of drug-likeness (QED) is 0.320. The summed E-state index contributed by atoms with van der Waals surface area (Å²) in [5, 5.41) is 0. The number of hydrogen-bond donors (Lipinski definition) is 0. The van der Waals surface area contributed by atoms with E-state index in [9.17, 15) is 0 Å². The largest absolute Gasteiger partial charge is 2.00 e. The van der Waals surface area contributed by atoms with Crippen LogP contribution in [0.1, 0.15) is 12.8 Å². The molecule has 4 atom stereocenters. The molecule has 0 saturated heterocycles. The average molecular weight is 310 g/mol. The zero-order valence-corrected chi connectivity index (χ0v) is 10.2. The van der Waals surface area contributed by atoms with Gasteiger partial charge in [-0.15, -0.1) is 0 Å². The van der Waals surface area contributed by atoms with Crippen LogP contribution in [0.15, 0.2) is 24.3 Å². The second-order valence-electron chi connectivity index (χ2n) is 3.85. The third-order valence-corrected chi connectivity index (χ3v) is 3.46. The molecule has 0 aliphatic heterocycles. The Morgan fingerprint density at radius 3 is 2.31 bits per heavy atom. The number of allylic oxidation sites excluding steroid dienone is 4. The van der Waals surface area contributed by atoms with Crippen molar-refractivity contribution in [2.24, 2.45) is 23.7 Å². The molecule has 2 bridgehead atoms. The van der Waals surface area contributed by atoms with E-state index in [1.165, 1.54) is 12.8 Å². The van der Waals surface area contributed by atoms with Crippen LogP contribution in [0, 0.1) is 23.7 Å². The summed E-state index contributed by atoms with van der Waals surface area (Å²) in [6.07, 6.45) is 12.5. The van der Waals surface area contributed by atoms with E-state index in [1.807, 2.05) is 0 Å². The molecule has 0 radical (unpaired) electrons. The summed E-state index contributed by atoms with van der Waals surface area (Å²) in [6, 6.07) is 0. The van der Waals surface area contributed by atoms with Crippen molar-refractivity contribution in [3.05, 3.63) is 24.3 Å². The maximum Gasteiger partial charge on any atom is 2.00 e. The predicted molar refractivity (Wildman–Crippen MR) is 41.5 cm³/mol. The topological polar surface area (TPSA) is 0 Å². The maximum absolute atomic E-state index is 2.44. The fraction of sp³-hybridized carbons (Fsp3) is 0.600. The molecule has 3 heteroatoms. The van der Waals surface area contributed by atoms with Gasteiger partial charge in [0.2, 0.25) is 0 Å². The van der Waals surface area contributed by atoms with Gasteiger partial charge in [0.25, 0.3) is 0 Å². The molecule has 0 amide bonds. The fourth-order valence-corrected chi connectivity index (χ4v) is 2.97. The smallest absolute Gasteiger partial charge is 1.00 e. The zero-order valence-electron chi connectivity index (χ0n) is 7.11. The van der Waals surface area contributed by atoms with Gasteiger partial charge >= 0.3 is 20.4 Å². The van der Waals surface area contributed by atoms with E-state index in [4.69, 9.17) is 0 Å². The van der Waals surface area contributed by atoms with Gasteiger partial charge in [-0.3, -0.25) is 0 Å². The Balaban J connectivity index is 0.000000480. The van der Waals surface area contributed by atoms with Crippen LogP contribution in [0.25, 0.3) is 0 Å². The van der Waals surface area contributed by atoms with Crippen molar-refractivity contribution in [2.45, 2.75) is 12.8 Å². The molecular formula is C10H12Cl2Pd. The number of hydrogen-bond acceptors (Lipinski definition) is 0. The van der Waals surface area contributed by atoms with Crippen LogP contribution >= 0.6 is 0 Å². The van der Waals surface area contributed by atoms with Gasteiger partial charge in [0.15, 0.2) is 0 Å². The summed E-state index contributed by atoms with van der Waals surface area (Å²) >= 11 is 0. The van der Waals surface area contributed by atoms with Gasteiger partial charge in [0.1, 0.15) is 0 Å². The molecule has 0 heterocycles. The second kappa shape index (κ2) is 4.99. The fourth-order valence-electron chi connectivity index (χ4n) is 2.97. The molecule has 0 nitrogen and oxygen atoms in total. The van der Waals surface area contributed by atoms with E-state index in [1.54, 1.807) is 0 Å². The van der Waals surface area contributed by atoms with Crippen LogP contribution in [0.4, 0.5) is 0 Å². The molecule has 3 rings (SSSR count). The summed E-state index contributed by atoms with van der Waals surface area (Å²) in [6.45, 7) is 0. The summed E-state index contributed by atoms with van der Waals surface area (Å²) < 4.78 is 0. The van der Waals surface area contributed by atoms with Gasteiger partial charge in [-0.2, -0.15) is 0 Å². The Kier molecular flexibility index (Phi) is 5.26. The zero-order chi connectivity index (χ0) is 6.55. The molecule has 1 fully saturated rings. The van der Waals surface area contributed by atoms with Crippen molar-refractivity contribution in [3.8, 4) is 0 Å². The van der Waals surface area contributed by atoms with Crippen LogP contribution in [0.3, 0.4) is 0 Å². The number of fused-ring (bicyclic) bond motifs is 5. The summed E-state index contributed by atoms with van der Waals surface area (Å²) in [5.41, 5.74) is 0. The Labute approximate surface area is 106 Å². The van der Waals surface area contributed by atoms with Crippen molar-refractivity contribution in [1.29, 1.82) is 0 Å². The number of rotatable bonds is 0. The van der Waals surface area contributed by atoms with E-state index >= 15 is 0 Å². The number of halogens is 2. The second-order valence-corrected chi connectivity index (χ2v) is 3.85. The molecule has 0 spiro atoms. The van der Waals surface area contributed by atoms with Crippen LogP contribution < -0.4 is 24.8 Å². The Bertz CT molecular complexity index is 225. The molecule has 13 heavy (non-hydrogen) atoms. The molecule has 3 aliphatic carbocycles. The summed E-state index contributed by atoms with van der Waals surface area (Å²) in [5.74, 6) is 3.82. The first-order chi connectivity index (χ1) is 4.95. The summed E-state index contributed by atoms with van der Waals surface area (Å²) in [4.78, 5) is 0. The van der Waals surface area contributed by atoms with Crippen molar-refractivity contribution < 1.29 is 45.2 Å². The van der Waals surface area contributed by atoms with E-state index in [-0.39, 0.29) is 45.2 Å². The van der Waals surface area contributed by atoms with E-state index < -0.39 is 0 Å². The molecule has 3 aliphatic rings. The van der Waals surface area contributed by atoms with E-state index in [0.29, 0.717) is 0 Å². The van der Waals surface area contributed by atoms with Gasteiger partial charge in [-0.05, 0) is 36.5 Å². The normalized spacial score (nSPS) is 41.8. The minimum Gasteiger partial charge on any atom is -1.00 e. The predicted octanol–water partition coefficient (Wildman–Crippen LogP) is -3.61. The van der Waals surface area contributed by atoms with E-state index in [0.717, 1.165) is 23.7 Å². The van der Waals surface area contributed by atoms with Crippen molar-refractivity contribution >= 4 is 0 Å². The van der Waals surface area contributed by atoms with Crippen LogP contribution in [0.2, 0.25) is 0 Å². The van der Waals surface area contributed by atoms with Crippen LogP contribution in [0.5, 0.6) is 0 Å². The Morgan fingerprint density at radius 2 is 1.62 bits per heavy atom. The van der Waals surface area contributed by atoms with Crippen molar-refractivity contribution in [2.75, 3.05) is 0 Å². The first-order valence-electron chi connectivity index (χ1n) is 4.30. The van der Waals surface area contributed by atoms with Gasteiger partial charge < -0.3 is 24.8 Å². The van der Waals surface area contributed by atoms with Gasteiger partial charge in [-0.1, -0.05) is 24.3 Å². The minimum absolute atomic E-state index is 0. The molecule has 0 N–H and O–H groups in total. The minimum atomic E-state index is 0. The first-order valence-corrected chi connectivity index (χ1v) is 4.30. The van der Waals surface area contributed by atoms with Gasteiger partial charge in [0, 0.05) is 0 Å². The third kappa shape index (κ3) is 1.90. The van der Waals surface area contributed by atoms with E-state index in [2.05, 4.69) is 24.3 Å². The molecular weight excluding hydrogens is 297 g/mol. The maximum atomic E-state index is 2.44. The molecule has 1 saturated carbocycles. The monoisotopic (exact) mass is 308 g/mol. The molecule has 4 unspecified atom stereocenters. The standard InChI is InChI=1S/C10H12.2ClH.Pd/c1-2-9-7-4-5-8(6-7)10(9)3-1;;;/h1-2,4-5,7-10H,3,6H2;2*1H;/q;;;+2/p-2. The van der Waals surface area contributed by atoms with Crippen molar-refractivity contribution in [1.82, 2.24) is 0 Å². The Morgan fingerprint density at radius 1 is 0.923 bits per heavy atom. The van der Waals surface area contributed by atoms with Crippen molar-refractivity contribution in [3.63, 3.8) is 0 Å². The third-order valence-electron chi connectivity index (χ3n) is 3.46. The molecule has 0 aromatic carbocycles. The van der Waals surface area contributed by atoms with Crippen LogP contribution in [-0.2, 0) is 20.4 Å². The molecule has 0 aromatic heterocycles. The molecule has 76 valence electrons. The Hall–Kier alpha value is 0.722. The SMILES string of the molecule is C1=CC2C3C=CC(C3)C2C1.[Cl-].[Cl-].[Pd+2]. The average Bonchev–Trinajstić information content (AvgIpc) is 2.60. The summed E-state index contributed by atoms with van der Waals surface area (Å²) in [7, 11) is 0. The molecule has 0 aromatic rings. The van der Waals surface area contributed by atoms with Gasteiger partial charge in [0.05, 0.1) is 0 Å².